The molecule has 0 bridgehead atoms. The van der Waals surface area contributed by atoms with Crippen LogP contribution in [-0.2, 0) is 30.1 Å². The predicted octanol–water partition coefficient (Wildman–Crippen LogP) is 3.27. The van der Waals surface area contributed by atoms with Crippen LogP contribution in [0.4, 0.5) is 5.69 Å². The van der Waals surface area contributed by atoms with Gasteiger partial charge >= 0.3 is 7.60 Å². The van der Waals surface area contributed by atoms with Gasteiger partial charge in [-0.2, -0.15) is 0 Å². The maximum absolute atomic E-state index is 11.2. The van der Waals surface area contributed by atoms with Gasteiger partial charge in [0.15, 0.2) is 17.7 Å². The number of rotatable bonds is 8. The van der Waals surface area contributed by atoms with Gasteiger partial charge < -0.3 is 34.1 Å². The van der Waals surface area contributed by atoms with Crippen molar-refractivity contribution in [2.45, 2.75) is 50.7 Å². The third-order valence-corrected chi connectivity index (χ3v) is 6.48. The summed E-state index contributed by atoms with van der Waals surface area (Å²) in [5.41, 5.74) is 2.95. The molecule has 4 atom stereocenters. The molecule has 3 N–H and O–H groups in total. The average Bonchev–Trinajstić information content (AvgIpc) is 3.43. The number of pyridine rings is 1. The van der Waals surface area contributed by atoms with E-state index in [0.29, 0.717) is 17.7 Å². The van der Waals surface area contributed by atoms with Crippen molar-refractivity contribution in [2.75, 3.05) is 18.3 Å². The first-order chi connectivity index (χ1) is 16.6. The molecule has 13 heteroatoms. The monoisotopic (exact) mass is 524 g/mol. The molecule has 188 valence electrons. The molecule has 2 aromatic heterocycles. The highest BCUT2D eigenvalue weighted by molar-refractivity contribution is 7.51. The number of anilines is 1. The Hall–Kier alpha value is -2.08. The molecule has 3 aromatic rings. The zero-order valence-electron chi connectivity index (χ0n) is 19.1. The number of hydrogen-bond donors (Lipinski definition) is 3. The van der Waals surface area contributed by atoms with Crippen LogP contribution in [0, 0.1) is 0 Å². The Labute approximate surface area is 206 Å². The molecule has 0 saturated carbocycles. The summed E-state index contributed by atoms with van der Waals surface area (Å²) in [6, 6.07) is 11.7. The van der Waals surface area contributed by atoms with Gasteiger partial charge in [0.25, 0.3) is 0 Å². The molecular formula is C22H26ClN4O7P. The molecule has 2 saturated heterocycles. The van der Waals surface area contributed by atoms with Crippen LogP contribution in [0.25, 0.3) is 11.2 Å². The molecule has 1 aromatic carbocycles. The lowest BCUT2D eigenvalue weighted by Gasteiger charge is -2.24. The van der Waals surface area contributed by atoms with Crippen LogP contribution in [0.1, 0.15) is 25.6 Å². The third-order valence-electron chi connectivity index (χ3n) is 5.77. The molecule has 5 rings (SSSR count). The summed E-state index contributed by atoms with van der Waals surface area (Å²) in [6.07, 6.45) is -1.42. The van der Waals surface area contributed by atoms with Gasteiger partial charge in [-0.3, -0.25) is 9.13 Å². The minimum absolute atomic E-state index is 0.0765. The highest BCUT2D eigenvalue weighted by atomic mass is 35.5. The topological polar surface area (TPSA) is 137 Å². The molecule has 0 spiro atoms. The summed E-state index contributed by atoms with van der Waals surface area (Å²) in [4.78, 5) is 27.2. The number of aromatic nitrogens is 3. The predicted molar refractivity (Wildman–Crippen MR) is 127 cm³/mol. The Morgan fingerprint density at radius 3 is 2.71 bits per heavy atom. The van der Waals surface area contributed by atoms with Crippen LogP contribution in [0.15, 0.2) is 42.7 Å². The lowest BCUT2D eigenvalue weighted by atomic mass is 10.1. The maximum Gasteiger partial charge on any atom is 0.350 e. The van der Waals surface area contributed by atoms with E-state index in [1.54, 1.807) is 30.8 Å². The van der Waals surface area contributed by atoms with Crippen molar-refractivity contribution in [1.29, 1.82) is 0 Å². The molecule has 0 radical (unpaired) electrons. The second kappa shape index (κ2) is 9.42. The highest BCUT2D eigenvalue weighted by Crippen LogP contribution is 2.44. The van der Waals surface area contributed by atoms with Crippen molar-refractivity contribution < 1.29 is 33.3 Å². The standard InChI is InChI=1S/C22H26ClN4O7P/c1-22(2)33-18-15(10-31-12-35(28,29)30)32-21(19(18)34-22)27-11-25-17-14(8-16(23)26-20(17)27)24-9-13-6-4-3-5-7-13/h3-8,11,15,18-19,21H,9-10,12H2,1-2H3,(H,24,26)(H2,28,29,30). The first-order valence-corrected chi connectivity index (χ1v) is 13.2. The zero-order valence-corrected chi connectivity index (χ0v) is 20.7. The van der Waals surface area contributed by atoms with Gasteiger partial charge in [0, 0.05) is 12.6 Å². The van der Waals surface area contributed by atoms with Crippen molar-refractivity contribution in [2.24, 2.45) is 0 Å². The first-order valence-electron chi connectivity index (χ1n) is 11.0. The van der Waals surface area contributed by atoms with Gasteiger partial charge in [0.1, 0.15) is 35.3 Å². The van der Waals surface area contributed by atoms with Crippen LogP contribution in [0.2, 0.25) is 5.15 Å². The summed E-state index contributed by atoms with van der Waals surface area (Å²) in [5.74, 6) is -0.872. The van der Waals surface area contributed by atoms with E-state index in [1.165, 1.54) is 0 Å². The van der Waals surface area contributed by atoms with Crippen molar-refractivity contribution in [3.63, 3.8) is 0 Å². The van der Waals surface area contributed by atoms with E-state index in [-0.39, 0.29) is 11.8 Å². The van der Waals surface area contributed by atoms with E-state index >= 15 is 0 Å². The van der Waals surface area contributed by atoms with Crippen LogP contribution in [0.5, 0.6) is 0 Å². The minimum Gasteiger partial charge on any atom is -0.379 e. The summed E-state index contributed by atoms with van der Waals surface area (Å²) in [7, 11) is -4.31. The molecule has 0 amide bonds. The van der Waals surface area contributed by atoms with E-state index in [0.717, 1.165) is 11.3 Å². The Morgan fingerprint density at radius 1 is 1.23 bits per heavy atom. The van der Waals surface area contributed by atoms with E-state index in [1.807, 2.05) is 30.3 Å². The van der Waals surface area contributed by atoms with Crippen molar-refractivity contribution >= 4 is 36.0 Å². The van der Waals surface area contributed by atoms with Gasteiger partial charge in [0.05, 0.1) is 18.6 Å². The molecule has 11 nitrogen and oxygen atoms in total. The minimum atomic E-state index is -4.31. The van der Waals surface area contributed by atoms with Crippen LogP contribution in [0.3, 0.4) is 0 Å². The van der Waals surface area contributed by atoms with Gasteiger partial charge in [-0.1, -0.05) is 41.9 Å². The second-order valence-corrected chi connectivity index (χ2v) is 10.9. The fourth-order valence-electron chi connectivity index (χ4n) is 4.40. The van der Waals surface area contributed by atoms with Gasteiger partial charge in [0.2, 0.25) is 0 Å². The lowest BCUT2D eigenvalue weighted by Crippen LogP contribution is -2.33. The Bertz CT molecular complexity index is 1250. The average molecular weight is 525 g/mol. The molecule has 2 aliphatic rings. The molecule has 2 aliphatic heterocycles. The SMILES string of the molecule is CC1(C)OC2C(COCP(=O)(O)O)OC(n3cnc4c(NCc5ccccc5)cc(Cl)nc43)C2O1. The van der Waals surface area contributed by atoms with Crippen molar-refractivity contribution in [1.82, 2.24) is 14.5 Å². The molecule has 0 aliphatic carbocycles. The number of nitrogens with zero attached hydrogens (tertiary/aromatic N) is 3. The van der Waals surface area contributed by atoms with Crippen LogP contribution < -0.4 is 5.32 Å². The fourth-order valence-corrected chi connectivity index (χ4v) is 4.93. The molecule has 2 fully saturated rings. The number of fused-ring (bicyclic) bond motifs is 2. The lowest BCUT2D eigenvalue weighted by molar-refractivity contribution is -0.201. The highest BCUT2D eigenvalue weighted by Gasteiger charge is 2.56. The summed E-state index contributed by atoms with van der Waals surface area (Å²) in [5, 5.41) is 3.65. The number of benzene rings is 1. The summed E-state index contributed by atoms with van der Waals surface area (Å²) >= 11 is 6.35. The molecule has 35 heavy (non-hydrogen) atoms. The summed E-state index contributed by atoms with van der Waals surface area (Å²) in [6.45, 7) is 4.09. The number of imidazole rings is 1. The number of halogens is 1. The van der Waals surface area contributed by atoms with Gasteiger partial charge in [-0.15, -0.1) is 0 Å². The quantitative estimate of drug-likeness (QED) is 0.297. The van der Waals surface area contributed by atoms with Crippen molar-refractivity contribution in [3.05, 3.63) is 53.4 Å². The normalized spacial score (nSPS) is 25.7. The Kier molecular flexibility index (Phi) is 6.62. The van der Waals surface area contributed by atoms with Gasteiger partial charge in [-0.25, -0.2) is 9.97 Å². The van der Waals surface area contributed by atoms with E-state index in [9.17, 15) is 4.57 Å². The van der Waals surface area contributed by atoms with E-state index < -0.39 is 44.3 Å². The van der Waals surface area contributed by atoms with E-state index in [2.05, 4.69) is 15.3 Å². The molecule has 4 unspecified atom stereocenters. The maximum atomic E-state index is 11.2. The van der Waals surface area contributed by atoms with Gasteiger partial charge in [-0.05, 0) is 19.4 Å². The Morgan fingerprint density at radius 2 is 1.97 bits per heavy atom. The molecular weight excluding hydrogens is 499 g/mol. The van der Waals surface area contributed by atoms with Crippen LogP contribution in [-0.4, -0.2) is 61.4 Å². The zero-order chi connectivity index (χ0) is 24.8. The second-order valence-electron chi connectivity index (χ2n) is 8.95. The first kappa shape index (κ1) is 24.6. The Balaban J connectivity index is 1.41. The van der Waals surface area contributed by atoms with Crippen LogP contribution >= 0.6 is 19.2 Å². The number of ether oxygens (including phenoxy) is 4. The fraction of sp³-hybridized carbons (Fsp3) is 0.455. The number of hydrogen-bond acceptors (Lipinski definition) is 8. The smallest absolute Gasteiger partial charge is 0.350 e. The number of nitrogens with one attached hydrogen (secondary N) is 1. The van der Waals surface area contributed by atoms with E-state index in [4.69, 9.17) is 40.3 Å². The summed E-state index contributed by atoms with van der Waals surface area (Å²) < 4.78 is 36.5. The van der Waals surface area contributed by atoms with Crippen molar-refractivity contribution in [3.8, 4) is 0 Å². The third kappa shape index (κ3) is 5.37. The molecule has 4 heterocycles. The largest absolute Gasteiger partial charge is 0.379 e.